The van der Waals surface area contributed by atoms with E-state index < -0.39 is 0 Å². The van der Waals surface area contributed by atoms with Crippen LogP contribution in [-0.4, -0.2) is 18.6 Å². The Kier molecular flexibility index (Phi) is 6.22. The van der Waals surface area contributed by atoms with Crippen LogP contribution in [0.5, 0.6) is 0 Å². The van der Waals surface area contributed by atoms with E-state index in [0.29, 0.717) is 6.54 Å². The van der Waals surface area contributed by atoms with E-state index in [-0.39, 0.29) is 12.1 Å². The fourth-order valence-corrected chi connectivity index (χ4v) is 1.77. The average molecular weight is 249 g/mol. The highest BCUT2D eigenvalue weighted by atomic mass is 16.2. The molecule has 0 bridgehead atoms. The molecule has 0 spiro atoms. The molecule has 0 saturated heterocycles. The molecule has 1 atom stereocenters. The Bertz CT molecular complexity index is 379. The molecule has 1 unspecified atom stereocenters. The van der Waals surface area contributed by atoms with Gasteiger partial charge in [-0.15, -0.1) is 0 Å². The van der Waals surface area contributed by atoms with Gasteiger partial charge in [-0.1, -0.05) is 31.9 Å². The van der Waals surface area contributed by atoms with Gasteiger partial charge in [0, 0.05) is 18.3 Å². The van der Waals surface area contributed by atoms with Crippen molar-refractivity contribution >= 4 is 11.7 Å². The number of benzene rings is 1. The normalized spacial score (nSPS) is 11.9. The minimum atomic E-state index is -0.188. The van der Waals surface area contributed by atoms with E-state index in [0.717, 1.165) is 30.5 Å². The van der Waals surface area contributed by atoms with Crippen LogP contribution in [0.25, 0.3) is 0 Å². The summed E-state index contributed by atoms with van der Waals surface area (Å²) >= 11 is 0. The van der Waals surface area contributed by atoms with Gasteiger partial charge in [-0.2, -0.15) is 0 Å². The van der Waals surface area contributed by atoms with Crippen LogP contribution in [0.1, 0.15) is 31.7 Å². The van der Waals surface area contributed by atoms with Gasteiger partial charge in [0.15, 0.2) is 0 Å². The first kappa shape index (κ1) is 14.5. The molecule has 0 radical (unpaired) electrons. The number of carbonyl (C=O) groups is 1. The van der Waals surface area contributed by atoms with Crippen molar-refractivity contribution < 1.29 is 4.79 Å². The highest BCUT2D eigenvalue weighted by Gasteiger charge is 2.09. The number of amides is 2. The number of hydrogen-bond acceptors (Lipinski definition) is 2. The molecule has 0 heterocycles. The van der Waals surface area contributed by atoms with Crippen molar-refractivity contribution in [2.75, 3.05) is 11.9 Å². The lowest BCUT2D eigenvalue weighted by atomic mass is 10.1. The fourth-order valence-electron chi connectivity index (χ4n) is 1.77. The maximum atomic E-state index is 11.8. The summed E-state index contributed by atoms with van der Waals surface area (Å²) in [6.07, 6.45) is 3.11. The second-order valence-electron chi connectivity index (χ2n) is 4.54. The number of hydrogen-bond donors (Lipinski definition) is 3. The van der Waals surface area contributed by atoms with E-state index in [1.165, 1.54) is 0 Å². The topological polar surface area (TPSA) is 67.1 Å². The van der Waals surface area contributed by atoms with Crippen LogP contribution in [0.15, 0.2) is 24.3 Å². The molecule has 1 aromatic carbocycles. The van der Waals surface area contributed by atoms with Crippen LogP contribution in [0.3, 0.4) is 0 Å². The number of unbranched alkanes of at least 4 members (excludes halogenated alkanes) is 1. The zero-order valence-electron chi connectivity index (χ0n) is 11.2. The second-order valence-corrected chi connectivity index (χ2v) is 4.54. The highest BCUT2D eigenvalue weighted by Crippen LogP contribution is 2.09. The molecular formula is C14H23N3O. The summed E-state index contributed by atoms with van der Waals surface area (Å²) in [4.78, 5) is 11.8. The third-order valence-corrected chi connectivity index (χ3v) is 2.80. The molecule has 4 N–H and O–H groups in total. The van der Waals surface area contributed by atoms with Gasteiger partial charge in [-0.05, 0) is 31.0 Å². The molecule has 100 valence electrons. The van der Waals surface area contributed by atoms with Crippen LogP contribution in [-0.2, 0) is 0 Å². The van der Waals surface area contributed by atoms with Crippen molar-refractivity contribution in [3.8, 4) is 0 Å². The van der Waals surface area contributed by atoms with Crippen molar-refractivity contribution in [2.24, 2.45) is 5.73 Å². The first-order chi connectivity index (χ1) is 8.65. The zero-order valence-corrected chi connectivity index (χ0v) is 11.2. The molecule has 1 rings (SSSR count). The van der Waals surface area contributed by atoms with E-state index in [1.54, 1.807) is 0 Å². The Hall–Kier alpha value is -1.55. The lowest BCUT2D eigenvalue weighted by Crippen LogP contribution is -2.42. The number of aryl methyl sites for hydroxylation is 1. The zero-order chi connectivity index (χ0) is 13.4. The van der Waals surface area contributed by atoms with E-state index in [1.807, 2.05) is 31.2 Å². The minimum Gasteiger partial charge on any atom is -0.334 e. The molecule has 0 saturated carbocycles. The SMILES string of the molecule is CCCCC(CN)NC(=O)Nc1cccc(C)c1. The van der Waals surface area contributed by atoms with Crippen molar-refractivity contribution in [3.63, 3.8) is 0 Å². The van der Waals surface area contributed by atoms with Crippen LogP contribution >= 0.6 is 0 Å². The molecular weight excluding hydrogens is 226 g/mol. The van der Waals surface area contributed by atoms with E-state index in [9.17, 15) is 4.79 Å². The van der Waals surface area contributed by atoms with Crippen molar-refractivity contribution in [3.05, 3.63) is 29.8 Å². The van der Waals surface area contributed by atoms with E-state index >= 15 is 0 Å². The Morgan fingerprint density at radius 3 is 2.83 bits per heavy atom. The largest absolute Gasteiger partial charge is 0.334 e. The summed E-state index contributed by atoms with van der Waals surface area (Å²) in [7, 11) is 0. The summed E-state index contributed by atoms with van der Waals surface area (Å²) in [6.45, 7) is 4.59. The molecule has 0 aromatic heterocycles. The van der Waals surface area contributed by atoms with Gasteiger partial charge in [-0.25, -0.2) is 4.79 Å². The number of carbonyl (C=O) groups excluding carboxylic acids is 1. The third-order valence-electron chi connectivity index (χ3n) is 2.80. The van der Waals surface area contributed by atoms with E-state index in [4.69, 9.17) is 5.73 Å². The molecule has 1 aromatic rings. The van der Waals surface area contributed by atoms with Crippen molar-refractivity contribution in [2.45, 2.75) is 39.2 Å². The Morgan fingerprint density at radius 1 is 1.44 bits per heavy atom. The predicted octanol–water partition coefficient (Wildman–Crippen LogP) is 2.63. The van der Waals surface area contributed by atoms with Gasteiger partial charge in [0.1, 0.15) is 0 Å². The van der Waals surface area contributed by atoms with Gasteiger partial charge in [0.2, 0.25) is 0 Å². The number of rotatable bonds is 6. The lowest BCUT2D eigenvalue weighted by molar-refractivity contribution is 0.247. The molecule has 0 fully saturated rings. The Morgan fingerprint density at radius 2 is 2.22 bits per heavy atom. The lowest BCUT2D eigenvalue weighted by Gasteiger charge is -2.17. The smallest absolute Gasteiger partial charge is 0.319 e. The van der Waals surface area contributed by atoms with E-state index in [2.05, 4.69) is 17.6 Å². The van der Waals surface area contributed by atoms with Gasteiger partial charge in [-0.3, -0.25) is 0 Å². The summed E-state index contributed by atoms with van der Waals surface area (Å²) in [5.74, 6) is 0. The summed E-state index contributed by atoms with van der Waals surface area (Å²) in [5, 5.41) is 5.71. The average Bonchev–Trinajstić information content (AvgIpc) is 2.34. The maximum absolute atomic E-state index is 11.8. The molecule has 0 aliphatic carbocycles. The summed E-state index contributed by atoms with van der Waals surface area (Å²) < 4.78 is 0. The number of anilines is 1. The third kappa shape index (κ3) is 5.19. The van der Waals surface area contributed by atoms with Gasteiger partial charge < -0.3 is 16.4 Å². The molecule has 0 aliphatic rings. The first-order valence-corrected chi connectivity index (χ1v) is 6.50. The Balaban J connectivity index is 2.45. The van der Waals surface area contributed by atoms with Crippen LogP contribution in [0.4, 0.5) is 10.5 Å². The quantitative estimate of drug-likeness (QED) is 0.725. The van der Waals surface area contributed by atoms with Gasteiger partial charge >= 0.3 is 6.03 Å². The van der Waals surface area contributed by atoms with Crippen LogP contribution in [0.2, 0.25) is 0 Å². The molecule has 18 heavy (non-hydrogen) atoms. The highest BCUT2D eigenvalue weighted by molar-refractivity contribution is 5.89. The van der Waals surface area contributed by atoms with Crippen LogP contribution < -0.4 is 16.4 Å². The molecule has 4 heteroatoms. The molecule has 4 nitrogen and oxygen atoms in total. The van der Waals surface area contributed by atoms with Crippen molar-refractivity contribution in [1.82, 2.24) is 5.32 Å². The summed E-state index contributed by atoms with van der Waals surface area (Å²) in [5.41, 5.74) is 7.56. The number of nitrogens with one attached hydrogen (secondary N) is 2. The number of urea groups is 1. The monoisotopic (exact) mass is 249 g/mol. The minimum absolute atomic E-state index is 0.0507. The molecule has 0 aliphatic heterocycles. The second kappa shape index (κ2) is 7.71. The van der Waals surface area contributed by atoms with Crippen LogP contribution in [0, 0.1) is 6.92 Å². The van der Waals surface area contributed by atoms with Gasteiger partial charge in [0.05, 0.1) is 0 Å². The molecule has 2 amide bonds. The number of nitrogens with two attached hydrogens (primary N) is 1. The maximum Gasteiger partial charge on any atom is 0.319 e. The standard InChI is InChI=1S/C14H23N3O/c1-3-4-7-13(10-15)17-14(18)16-12-8-5-6-11(2)9-12/h5-6,8-9,13H,3-4,7,10,15H2,1-2H3,(H2,16,17,18). The first-order valence-electron chi connectivity index (χ1n) is 6.50. The van der Waals surface area contributed by atoms with Crippen molar-refractivity contribution in [1.29, 1.82) is 0 Å². The fraction of sp³-hybridized carbons (Fsp3) is 0.500. The van der Waals surface area contributed by atoms with Gasteiger partial charge in [0.25, 0.3) is 0 Å². The Labute approximate surface area is 109 Å². The summed E-state index contributed by atoms with van der Waals surface area (Å²) in [6, 6.07) is 7.58. The predicted molar refractivity (Wildman–Crippen MR) is 75.7 cm³/mol.